The molecule has 0 aliphatic carbocycles. The van der Waals surface area contributed by atoms with Gasteiger partial charge in [-0.15, -0.1) is 0 Å². The fraction of sp³-hybridized carbons (Fsp3) is 0.571. The van der Waals surface area contributed by atoms with Gasteiger partial charge in [-0.05, 0) is 18.8 Å². The minimum absolute atomic E-state index is 0.0901. The molecule has 1 N–H and O–H groups in total. The first-order chi connectivity index (χ1) is 9.82. The SMILES string of the molecule is CC(C)CCCCCc1c([N+](=O)[O-])cc(O)cc1[N+](=O)[O-]. The molecule has 116 valence electrons. The zero-order valence-corrected chi connectivity index (χ0v) is 12.2. The van der Waals surface area contributed by atoms with E-state index in [0.29, 0.717) is 12.3 Å². The lowest BCUT2D eigenvalue weighted by molar-refractivity contribution is -0.395. The van der Waals surface area contributed by atoms with E-state index in [0.717, 1.165) is 31.4 Å². The number of hydrogen-bond acceptors (Lipinski definition) is 5. The number of nitrogens with zero attached hydrogens (tertiary/aromatic N) is 2. The number of phenols is 1. The molecule has 0 saturated heterocycles. The molecule has 21 heavy (non-hydrogen) atoms. The van der Waals surface area contributed by atoms with Gasteiger partial charge >= 0.3 is 0 Å². The average Bonchev–Trinajstić information content (AvgIpc) is 2.38. The Morgan fingerprint density at radius 1 is 1.05 bits per heavy atom. The fourth-order valence-electron chi connectivity index (χ4n) is 2.24. The molecule has 0 bridgehead atoms. The highest BCUT2D eigenvalue weighted by atomic mass is 16.6. The number of unbranched alkanes of at least 4 members (excludes halogenated alkanes) is 2. The van der Waals surface area contributed by atoms with Crippen molar-refractivity contribution in [3.8, 4) is 5.75 Å². The van der Waals surface area contributed by atoms with Crippen molar-refractivity contribution in [3.05, 3.63) is 37.9 Å². The maximum atomic E-state index is 11.0. The smallest absolute Gasteiger partial charge is 0.283 e. The molecule has 0 fully saturated rings. The van der Waals surface area contributed by atoms with Crippen LogP contribution in [0.5, 0.6) is 5.75 Å². The van der Waals surface area contributed by atoms with Crippen molar-refractivity contribution >= 4 is 11.4 Å². The summed E-state index contributed by atoms with van der Waals surface area (Å²) in [7, 11) is 0. The molecule has 0 radical (unpaired) electrons. The number of hydrogen-bond donors (Lipinski definition) is 1. The van der Waals surface area contributed by atoms with Crippen molar-refractivity contribution in [1.82, 2.24) is 0 Å². The van der Waals surface area contributed by atoms with E-state index < -0.39 is 15.6 Å². The van der Waals surface area contributed by atoms with Crippen LogP contribution in [-0.4, -0.2) is 15.0 Å². The van der Waals surface area contributed by atoms with Crippen LogP contribution in [0.25, 0.3) is 0 Å². The van der Waals surface area contributed by atoms with E-state index in [1.165, 1.54) is 0 Å². The standard InChI is InChI=1S/C14H20N2O5/c1-10(2)6-4-3-5-7-12-13(15(18)19)8-11(17)9-14(12)16(20)21/h8-10,17H,3-7H2,1-2H3. The number of benzene rings is 1. The topological polar surface area (TPSA) is 107 Å². The lowest BCUT2D eigenvalue weighted by Gasteiger charge is -2.06. The lowest BCUT2D eigenvalue weighted by atomic mass is 10.00. The molecule has 0 atom stereocenters. The Balaban J connectivity index is 2.88. The maximum absolute atomic E-state index is 11.0. The van der Waals surface area contributed by atoms with Gasteiger partial charge < -0.3 is 5.11 Å². The first kappa shape index (κ1) is 16.9. The fourth-order valence-corrected chi connectivity index (χ4v) is 2.24. The van der Waals surface area contributed by atoms with Gasteiger partial charge in [0.15, 0.2) is 0 Å². The van der Waals surface area contributed by atoms with Crippen LogP contribution in [0.2, 0.25) is 0 Å². The minimum atomic E-state index is -0.684. The highest BCUT2D eigenvalue weighted by Gasteiger charge is 2.26. The Hall–Kier alpha value is -2.18. The number of aromatic hydroxyl groups is 1. The van der Waals surface area contributed by atoms with Crippen molar-refractivity contribution in [3.63, 3.8) is 0 Å². The Bertz CT molecular complexity index is 493. The third-order valence-electron chi connectivity index (χ3n) is 3.29. The largest absolute Gasteiger partial charge is 0.507 e. The van der Waals surface area contributed by atoms with E-state index in [9.17, 15) is 25.3 Å². The van der Waals surface area contributed by atoms with Crippen LogP contribution in [-0.2, 0) is 6.42 Å². The molecule has 0 aliphatic heterocycles. The van der Waals surface area contributed by atoms with Crippen molar-refractivity contribution in [2.45, 2.75) is 46.0 Å². The lowest BCUT2D eigenvalue weighted by Crippen LogP contribution is -2.01. The van der Waals surface area contributed by atoms with E-state index in [4.69, 9.17) is 0 Å². The van der Waals surface area contributed by atoms with Crippen LogP contribution in [0.3, 0.4) is 0 Å². The van der Waals surface area contributed by atoms with Crippen LogP contribution in [0.4, 0.5) is 11.4 Å². The van der Waals surface area contributed by atoms with Gasteiger partial charge in [0.25, 0.3) is 11.4 Å². The Morgan fingerprint density at radius 3 is 2.00 bits per heavy atom. The van der Waals surface area contributed by atoms with Gasteiger partial charge in [0.05, 0.1) is 22.0 Å². The second-order valence-electron chi connectivity index (χ2n) is 5.47. The van der Waals surface area contributed by atoms with Crippen LogP contribution < -0.4 is 0 Å². The summed E-state index contributed by atoms with van der Waals surface area (Å²) in [5, 5.41) is 31.4. The van der Waals surface area contributed by atoms with Gasteiger partial charge in [-0.2, -0.15) is 0 Å². The number of nitro groups is 2. The minimum Gasteiger partial charge on any atom is -0.507 e. The molecule has 1 aromatic rings. The molecule has 0 spiro atoms. The van der Waals surface area contributed by atoms with Gasteiger partial charge in [0.2, 0.25) is 0 Å². The highest BCUT2D eigenvalue weighted by Crippen LogP contribution is 2.34. The molecule has 7 nitrogen and oxygen atoms in total. The summed E-state index contributed by atoms with van der Waals surface area (Å²) >= 11 is 0. The Labute approximate surface area is 122 Å². The van der Waals surface area contributed by atoms with Gasteiger partial charge in [0, 0.05) is 0 Å². The van der Waals surface area contributed by atoms with Crippen LogP contribution in [0.15, 0.2) is 12.1 Å². The second kappa shape index (κ2) is 7.56. The predicted octanol–water partition coefficient (Wildman–Crippen LogP) is 3.97. The van der Waals surface area contributed by atoms with Crippen molar-refractivity contribution in [2.75, 3.05) is 0 Å². The quantitative estimate of drug-likeness (QED) is 0.443. The second-order valence-corrected chi connectivity index (χ2v) is 5.47. The zero-order chi connectivity index (χ0) is 16.0. The van der Waals surface area contributed by atoms with Gasteiger partial charge in [-0.3, -0.25) is 20.2 Å². The average molecular weight is 296 g/mol. The van der Waals surface area contributed by atoms with E-state index >= 15 is 0 Å². The summed E-state index contributed by atoms with van der Waals surface area (Å²) in [5.74, 6) is 0.138. The third kappa shape index (κ3) is 5.02. The molecule has 1 aromatic carbocycles. The van der Waals surface area contributed by atoms with Crippen LogP contribution in [0, 0.1) is 26.1 Å². The number of rotatable bonds is 8. The van der Waals surface area contributed by atoms with Crippen molar-refractivity contribution < 1.29 is 15.0 Å². The number of phenolic OH excluding ortho intramolecular Hbond substituents is 1. The molecule has 0 amide bonds. The van der Waals surface area contributed by atoms with Gasteiger partial charge in [0.1, 0.15) is 11.3 Å². The molecule has 0 unspecified atom stereocenters. The molecule has 0 heterocycles. The monoisotopic (exact) mass is 296 g/mol. The first-order valence-corrected chi connectivity index (χ1v) is 6.97. The van der Waals surface area contributed by atoms with E-state index in [1.54, 1.807) is 0 Å². The predicted molar refractivity (Wildman–Crippen MR) is 78.4 cm³/mol. The van der Waals surface area contributed by atoms with E-state index in [1.807, 2.05) is 0 Å². The molecule has 1 rings (SSSR count). The number of nitro benzene ring substituents is 2. The van der Waals surface area contributed by atoms with Crippen LogP contribution in [0.1, 0.15) is 45.1 Å². The summed E-state index contributed by atoms with van der Waals surface area (Å²) in [6, 6.07) is 1.94. The summed E-state index contributed by atoms with van der Waals surface area (Å²) in [6.07, 6.45) is 3.86. The van der Waals surface area contributed by atoms with Gasteiger partial charge in [-0.25, -0.2) is 0 Å². The summed E-state index contributed by atoms with van der Waals surface area (Å²) < 4.78 is 0. The third-order valence-corrected chi connectivity index (χ3v) is 3.29. The summed E-state index contributed by atoms with van der Waals surface area (Å²) in [4.78, 5) is 20.6. The summed E-state index contributed by atoms with van der Waals surface area (Å²) in [6.45, 7) is 4.24. The molecular weight excluding hydrogens is 276 g/mol. The molecule has 0 aliphatic rings. The van der Waals surface area contributed by atoms with Crippen LogP contribution >= 0.6 is 0 Å². The van der Waals surface area contributed by atoms with E-state index in [-0.39, 0.29) is 23.4 Å². The molecule has 0 aromatic heterocycles. The van der Waals surface area contributed by atoms with Gasteiger partial charge in [-0.1, -0.05) is 33.1 Å². The normalized spacial score (nSPS) is 10.8. The Morgan fingerprint density at radius 2 is 1.57 bits per heavy atom. The molecule has 0 saturated carbocycles. The summed E-state index contributed by atoms with van der Waals surface area (Å²) in [5.41, 5.74) is -0.677. The molecular formula is C14H20N2O5. The van der Waals surface area contributed by atoms with Crippen molar-refractivity contribution in [2.24, 2.45) is 5.92 Å². The zero-order valence-electron chi connectivity index (χ0n) is 12.2. The van der Waals surface area contributed by atoms with Crippen molar-refractivity contribution in [1.29, 1.82) is 0 Å². The van der Waals surface area contributed by atoms with E-state index in [2.05, 4.69) is 13.8 Å². The first-order valence-electron chi connectivity index (χ1n) is 6.97. The molecule has 7 heteroatoms. The Kier molecular flexibility index (Phi) is 6.08. The maximum Gasteiger partial charge on any atom is 0.283 e. The highest BCUT2D eigenvalue weighted by molar-refractivity contribution is 5.58.